The first-order valence-electron chi connectivity index (χ1n) is 4.04. The van der Waals surface area contributed by atoms with Crippen LogP contribution in [0.25, 0.3) is 10.8 Å². The van der Waals surface area contributed by atoms with Gasteiger partial charge in [-0.1, -0.05) is 13.0 Å². The van der Waals surface area contributed by atoms with Crippen molar-refractivity contribution in [2.75, 3.05) is 0 Å². The van der Waals surface area contributed by atoms with Crippen LogP contribution in [0.15, 0.2) is 36.4 Å². The molecule has 0 radical (unpaired) electrons. The van der Waals surface area contributed by atoms with E-state index in [0.717, 1.165) is 6.42 Å². The van der Waals surface area contributed by atoms with Gasteiger partial charge in [-0.25, -0.2) is 0 Å². The van der Waals surface area contributed by atoms with Gasteiger partial charge in [-0.05, 0) is 6.42 Å². The Morgan fingerprint density at radius 3 is 2.67 bits per heavy atom. The SMILES string of the molecule is CCc1cc2ccccc2[cH-]1.[Li+]. The summed E-state index contributed by atoms with van der Waals surface area (Å²) in [5, 5.41) is 2.73. The molecule has 0 aromatic heterocycles. The summed E-state index contributed by atoms with van der Waals surface area (Å²) in [6, 6.07) is 13.0. The van der Waals surface area contributed by atoms with Crippen LogP contribution >= 0.6 is 0 Å². The Balaban J connectivity index is 0.000000720. The van der Waals surface area contributed by atoms with Crippen LogP contribution < -0.4 is 18.9 Å². The van der Waals surface area contributed by atoms with Crippen LogP contribution in [0.4, 0.5) is 0 Å². The largest absolute Gasteiger partial charge is 1.00 e. The minimum absolute atomic E-state index is 0. The smallest absolute Gasteiger partial charge is 0.165 e. The Hall–Kier alpha value is -0.573. The minimum atomic E-state index is 0. The van der Waals surface area contributed by atoms with Gasteiger partial charge in [-0.2, -0.15) is 6.07 Å². The van der Waals surface area contributed by atoms with E-state index in [-0.39, 0.29) is 18.9 Å². The molecule has 0 N–H and O–H groups in total. The number of hydrogen-bond acceptors (Lipinski definition) is 0. The molecule has 0 atom stereocenters. The fourth-order valence-electron chi connectivity index (χ4n) is 1.42. The summed E-state index contributed by atoms with van der Waals surface area (Å²) in [6.45, 7) is 2.19. The standard InChI is InChI=1S/C11H11.Li/c1-2-9-7-10-5-3-4-6-11(10)8-9;/h3-8H,2H2,1H3;/q-1;+1. The van der Waals surface area contributed by atoms with Gasteiger partial charge in [0.2, 0.25) is 0 Å². The summed E-state index contributed by atoms with van der Waals surface area (Å²) in [5.41, 5.74) is 1.44. The van der Waals surface area contributed by atoms with E-state index in [0.29, 0.717) is 0 Å². The average Bonchev–Trinajstić information content (AvgIpc) is 2.46. The first-order chi connectivity index (χ1) is 5.40. The van der Waals surface area contributed by atoms with Crippen molar-refractivity contribution in [3.63, 3.8) is 0 Å². The predicted molar refractivity (Wildman–Crippen MR) is 48.9 cm³/mol. The average molecular weight is 150 g/mol. The van der Waals surface area contributed by atoms with Crippen LogP contribution in [0.5, 0.6) is 0 Å². The zero-order chi connectivity index (χ0) is 7.68. The first kappa shape index (κ1) is 9.51. The third kappa shape index (κ3) is 1.60. The van der Waals surface area contributed by atoms with Crippen molar-refractivity contribution in [3.05, 3.63) is 42.0 Å². The second-order valence-electron chi connectivity index (χ2n) is 2.85. The molecule has 0 fully saturated rings. The molecule has 0 saturated carbocycles. The molecule has 0 aliphatic carbocycles. The van der Waals surface area contributed by atoms with Gasteiger partial charge in [-0.3, -0.25) is 0 Å². The number of hydrogen-bond donors (Lipinski definition) is 0. The van der Waals surface area contributed by atoms with Crippen molar-refractivity contribution in [3.8, 4) is 0 Å². The van der Waals surface area contributed by atoms with E-state index in [1.807, 2.05) is 0 Å². The molecule has 2 aromatic carbocycles. The molecule has 0 heterocycles. The molecule has 2 rings (SSSR count). The number of fused-ring (bicyclic) bond motifs is 1. The van der Waals surface area contributed by atoms with Crippen LogP contribution in [0.2, 0.25) is 0 Å². The van der Waals surface area contributed by atoms with Gasteiger partial charge in [0.15, 0.2) is 0 Å². The van der Waals surface area contributed by atoms with Crippen molar-refractivity contribution < 1.29 is 18.9 Å². The summed E-state index contributed by atoms with van der Waals surface area (Å²) in [6.07, 6.45) is 1.13. The fourth-order valence-corrected chi connectivity index (χ4v) is 1.42. The first-order valence-corrected chi connectivity index (χ1v) is 4.04. The number of benzene rings is 1. The summed E-state index contributed by atoms with van der Waals surface area (Å²) in [5.74, 6) is 0. The Bertz CT molecular complexity index is 327. The quantitative estimate of drug-likeness (QED) is 0.400. The summed E-state index contributed by atoms with van der Waals surface area (Å²) in [7, 11) is 0. The molecule has 0 spiro atoms. The molecule has 0 nitrogen and oxygen atoms in total. The fraction of sp³-hybridized carbons (Fsp3) is 0.182. The molecular formula is C11H11Li. The van der Waals surface area contributed by atoms with Crippen molar-refractivity contribution >= 4 is 10.8 Å². The van der Waals surface area contributed by atoms with E-state index in [4.69, 9.17) is 0 Å². The Morgan fingerprint density at radius 1 is 1.25 bits per heavy atom. The normalized spacial score (nSPS) is 9.75. The van der Waals surface area contributed by atoms with Crippen molar-refractivity contribution in [2.45, 2.75) is 13.3 Å². The zero-order valence-corrected chi connectivity index (χ0v) is 7.67. The molecular weight excluding hydrogens is 139 g/mol. The van der Waals surface area contributed by atoms with Crippen molar-refractivity contribution in [1.29, 1.82) is 0 Å². The summed E-state index contributed by atoms with van der Waals surface area (Å²) < 4.78 is 0. The Kier molecular flexibility index (Phi) is 3.09. The van der Waals surface area contributed by atoms with Crippen LogP contribution in [0.3, 0.4) is 0 Å². The van der Waals surface area contributed by atoms with E-state index in [9.17, 15) is 0 Å². The molecule has 12 heavy (non-hydrogen) atoms. The zero-order valence-electron chi connectivity index (χ0n) is 7.67. The van der Waals surface area contributed by atoms with Crippen LogP contribution in [-0.2, 0) is 6.42 Å². The van der Waals surface area contributed by atoms with Gasteiger partial charge in [0.25, 0.3) is 0 Å². The van der Waals surface area contributed by atoms with Gasteiger partial charge < -0.3 is 0 Å². The van der Waals surface area contributed by atoms with Gasteiger partial charge in [0, 0.05) is 0 Å². The van der Waals surface area contributed by atoms with Crippen LogP contribution in [-0.4, -0.2) is 0 Å². The van der Waals surface area contributed by atoms with E-state index in [1.165, 1.54) is 16.3 Å². The third-order valence-electron chi connectivity index (χ3n) is 2.09. The van der Waals surface area contributed by atoms with Gasteiger partial charge in [0.05, 0.1) is 0 Å². The molecule has 0 unspecified atom stereocenters. The van der Waals surface area contributed by atoms with Gasteiger partial charge >= 0.3 is 18.9 Å². The summed E-state index contributed by atoms with van der Waals surface area (Å²) in [4.78, 5) is 0. The van der Waals surface area contributed by atoms with E-state index in [2.05, 4.69) is 43.3 Å². The van der Waals surface area contributed by atoms with Gasteiger partial charge in [-0.15, -0.1) is 40.6 Å². The summed E-state index contributed by atoms with van der Waals surface area (Å²) >= 11 is 0. The molecule has 1 heteroatoms. The van der Waals surface area contributed by atoms with Crippen LogP contribution in [0, 0.1) is 0 Å². The minimum Gasteiger partial charge on any atom is -0.165 e. The monoisotopic (exact) mass is 150 g/mol. The second kappa shape index (κ2) is 3.89. The third-order valence-corrected chi connectivity index (χ3v) is 2.09. The molecule has 0 saturated heterocycles. The predicted octanol–water partition coefficient (Wildman–Crippen LogP) is 0.125. The van der Waals surface area contributed by atoms with Gasteiger partial charge in [0.1, 0.15) is 0 Å². The Morgan fingerprint density at radius 2 is 2.00 bits per heavy atom. The molecule has 0 aliphatic heterocycles. The maximum absolute atomic E-state index is 2.26. The maximum atomic E-state index is 2.26. The van der Waals surface area contributed by atoms with E-state index < -0.39 is 0 Å². The number of aryl methyl sites for hydroxylation is 1. The molecule has 0 aliphatic rings. The van der Waals surface area contributed by atoms with Crippen LogP contribution in [0.1, 0.15) is 12.5 Å². The van der Waals surface area contributed by atoms with E-state index in [1.54, 1.807) is 0 Å². The molecule has 2 aromatic rings. The second-order valence-corrected chi connectivity index (χ2v) is 2.85. The van der Waals surface area contributed by atoms with Crippen molar-refractivity contribution in [1.82, 2.24) is 0 Å². The molecule has 56 valence electrons. The van der Waals surface area contributed by atoms with Crippen molar-refractivity contribution in [2.24, 2.45) is 0 Å². The maximum Gasteiger partial charge on any atom is 1.00 e. The molecule has 0 bridgehead atoms. The number of rotatable bonds is 1. The topological polar surface area (TPSA) is 0 Å². The molecule has 0 amide bonds. The van der Waals surface area contributed by atoms with E-state index >= 15 is 0 Å². The Labute approximate surface area is 85.1 Å².